The number of pyridine rings is 1. The maximum atomic E-state index is 6.16. The SMILES string of the molecule is COc1cc2c(Oc3ccc4[nH]ccc4c3)ccnc2cc1OCC1(N)CC1. The van der Waals surface area contributed by atoms with Crippen LogP contribution in [0.25, 0.3) is 21.8 Å². The van der Waals surface area contributed by atoms with E-state index in [1.807, 2.05) is 48.7 Å². The number of nitrogens with zero attached hydrogens (tertiary/aromatic N) is 1. The second kappa shape index (κ2) is 6.42. The standard InChI is InChI=1S/C22H21N3O3/c1-26-20-11-16-18(12-21(20)27-13-22(23)6-7-22)25-9-5-19(16)28-15-2-3-17-14(10-15)4-8-24-17/h2-5,8-12,24H,6-7,13,23H2,1H3. The van der Waals surface area contributed by atoms with Crippen molar-refractivity contribution in [1.82, 2.24) is 9.97 Å². The molecule has 1 aliphatic carbocycles. The molecule has 0 atom stereocenters. The third-order valence-corrected chi connectivity index (χ3v) is 5.15. The van der Waals surface area contributed by atoms with Crippen LogP contribution in [0.5, 0.6) is 23.0 Å². The Morgan fingerprint density at radius 2 is 1.96 bits per heavy atom. The minimum Gasteiger partial charge on any atom is -0.493 e. The van der Waals surface area contributed by atoms with Gasteiger partial charge in [-0.3, -0.25) is 4.98 Å². The van der Waals surface area contributed by atoms with Crippen molar-refractivity contribution in [2.75, 3.05) is 13.7 Å². The van der Waals surface area contributed by atoms with Crippen molar-refractivity contribution in [2.24, 2.45) is 5.73 Å². The fraction of sp³-hybridized carbons (Fsp3) is 0.227. The highest BCUT2D eigenvalue weighted by Crippen LogP contribution is 2.39. The van der Waals surface area contributed by atoms with Crippen LogP contribution in [0, 0.1) is 0 Å². The number of aromatic amines is 1. The maximum Gasteiger partial charge on any atom is 0.163 e. The molecule has 6 heteroatoms. The fourth-order valence-electron chi connectivity index (χ4n) is 3.24. The lowest BCUT2D eigenvalue weighted by molar-refractivity contribution is 0.264. The van der Waals surface area contributed by atoms with Gasteiger partial charge >= 0.3 is 0 Å². The number of benzene rings is 2. The van der Waals surface area contributed by atoms with E-state index in [4.69, 9.17) is 19.9 Å². The fourth-order valence-corrected chi connectivity index (χ4v) is 3.24. The second-order valence-corrected chi connectivity index (χ2v) is 7.31. The lowest BCUT2D eigenvalue weighted by atomic mass is 10.1. The molecule has 142 valence electrons. The molecule has 2 aromatic carbocycles. The van der Waals surface area contributed by atoms with Crippen molar-refractivity contribution < 1.29 is 14.2 Å². The summed E-state index contributed by atoms with van der Waals surface area (Å²) in [5.41, 5.74) is 7.79. The first-order valence-corrected chi connectivity index (χ1v) is 9.27. The Morgan fingerprint density at radius 1 is 1.07 bits per heavy atom. The molecular formula is C22H21N3O3. The molecule has 4 aromatic rings. The third kappa shape index (κ3) is 3.12. The van der Waals surface area contributed by atoms with Crippen LogP contribution >= 0.6 is 0 Å². The number of hydrogen-bond acceptors (Lipinski definition) is 5. The number of H-pyrrole nitrogens is 1. The molecule has 2 aromatic heterocycles. The molecule has 0 radical (unpaired) electrons. The highest BCUT2D eigenvalue weighted by atomic mass is 16.5. The minimum atomic E-state index is -0.199. The van der Waals surface area contributed by atoms with Crippen LogP contribution in [-0.2, 0) is 0 Å². The van der Waals surface area contributed by atoms with Gasteiger partial charge in [-0.05, 0) is 49.2 Å². The molecule has 0 amide bonds. The average Bonchev–Trinajstić information content (AvgIpc) is 3.26. The molecule has 0 unspecified atom stereocenters. The van der Waals surface area contributed by atoms with E-state index >= 15 is 0 Å². The molecule has 0 saturated heterocycles. The van der Waals surface area contributed by atoms with Crippen molar-refractivity contribution in [3.8, 4) is 23.0 Å². The molecule has 3 N–H and O–H groups in total. The summed E-state index contributed by atoms with van der Waals surface area (Å²) in [6.07, 6.45) is 5.62. The zero-order valence-electron chi connectivity index (χ0n) is 15.6. The van der Waals surface area contributed by atoms with Gasteiger partial charge in [-0.15, -0.1) is 0 Å². The Labute approximate surface area is 162 Å². The lowest BCUT2D eigenvalue weighted by Gasteiger charge is -2.16. The molecule has 0 aliphatic heterocycles. The molecule has 2 heterocycles. The van der Waals surface area contributed by atoms with Crippen LogP contribution in [0.3, 0.4) is 0 Å². The Balaban J connectivity index is 1.50. The predicted molar refractivity (Wildman–Crippen MR) is 108 cm³/mol. The normalized spacial score (nSPS) is 14.9. The summed E-state index contributed by atoms with van der Waals surface area (Å²) >= 11 is 0. The Morgan fingerprint density at radius 3 is 2.79 bits per heavy atom. The van der Waals surface area contributed by atoms with Gasteiger partial charge in [-0.2, -0.15) is 0 Å². The van der Waals surface area contributed by atoms with Crippen LogP contribution in [0.2, 0.25) is 0 Å². The quantitative estimate of drug-likeness (QED) is 0.522. The summed E-state index contributed by atoms with van der Waals surface area (Å²) < 4.78 is 17.6. The van der Waals surface area contributed by atoms with E-state index in [2.05, 4.69) is 9.97 Å². The van der Waals surface area contributed by atoms with Gasteiger partial charge in [-0.1, -0.05) is 0 Å². The van der Waals surface area contributed by atoms with E-state index in [1.165, 1.54) is 0 Å². The highest BCUT2D eigenvalue weighted by molar-refractivity contribution is 5.88. The predicted octanol–water partition coefficient (Wildman–Crippen LogP) is 4.39. The Bertz CT molecular complexity index is 1160. The number of aromatic nitrogens is 2. The van der Waals surface area contributed by atoms with Gasteiger partial charge in [0.1, 0.15) is 18.1 Å². The van der Waals surface area contributed by atoms with Gasteiger partial charge in [-0.25, -0.2) is 0 Å². The molecule has 5 rings (SSSR count). The summed E-state index contributed by atoms with van der Waals surface area (Å²) in [5.74, 6) is 2.75. The van der Waals surface area contributed by atoms with Crippen LogP contribution in [0.4, 0.5) is 0 Å². The van der Waals surface area contributed by atoms with Crippen molar-refractivity contribution in [1.29, 1.82) is 0 Å². The van der Waals surface area contributed by atoms with Gasteiger partial charge in [0.15, 0.2) is 11.5 Å². The number of methoxy groups -OCH3 is 1. The molecular weight excluding hydrogens is 354 g/mol. The van der Waals surface area contributed by atoms with Crippen LogP contribution in [-0.4, -0.2) is 29.2 Å². The molecule has 1 saturated carbocycles. The number of rotatable bonds is 6. The Kier molecular flexibility index (Phi) is 3.87. The third-order valence-electron chi connectivity index (χ3n) is 5.15. The van der Waals surface area contributed by atoms with E-state index in [0.29, 0.717) is 23.9 Å². The van der Waals surface area contributed by atoms with Gasteiger partial charge in [0.05, 0.1) is 18.2 Å². The van der Waals surface area contributed by atoms with Gasteiger partial charge < -0.3 is 24.9 Å². The second-order valence-electron chi connectivity index (χ2n) is 7.31. The highest BCUT2D eigenvalue weighted by Gasteiger charge is 2.39. The summed E-state index contributed by atoms with van der Waals surface area (Å²) in [6.45, 7) is 0.474. The Hall–Kier alpha value is -3.25. The average molecular weight is 375 g/mol. The minimum absolute atomic E-state index is 0.199. The number of nitrogens with one attached hydrogen (secondary N) is 1. The van der Waals surface area contributed by atoms with Gasteiger partial charge in [0.25, 0.3) is 0 Å². The van der Waals surface area contributed by atoms with Crippen LogP contribution < -0.4 is 19.9 Å². The zero-order valence-corrected chi connectivity index (χ0v) is 15.6. The number of hydrogen-bond donors (Lipinski definition) is 2. The van der Waals surface area contributed by atoms with Crippen molar-refractivity contribution in [2.45, 2.75) is 18.4 Å². The van der Waals surface area contributed by atoms with E-state index in [0.717, 1.165) is 40.4 Å². The molecule has 28 heavy (non-hydrogen) atoms. The summed E-state index contributed by atoms with van der Waals surface area (Å²) in [6, 6.07) is 13.6. The number of nitrogens with two attached hydrogens (primary N) is 1. The van der Waals surface area contributed by atoms with E-state index in [9.17, 15) is 0 Å². The monoisotopic (exact) mass is 375 g/mol. The molecule has 0 bridgehead atoms. The number of ether oxygens (including phenoxy) is 3. The lowest BCUT2D eigenvalue weighted by Crippen LogP contribution is -2.29. The van der Waals surface area contributed by atoms with Crippen molar-refractivity contribution in [3.05, 3.63) is 54.9 Å². The first-order valence-electron chi connectivity index (χ1n) is 9.27. The van der Waals surface area contributed by atoms with E-state index in [-0.39, 0.29) is 5.54 Å². The first-order chi connectivity index (χ1) is 13.6. The van der Waals surface area contributed by atoms with E-state index < -0.39 is 0 Å². The molecule has 1 fully saturated rings. The summed E-state index contributed by atoms with van der Waals surface area (Å²) in [5, 5.41) is 1.95. The van der Waals surface area contributed by atoms with Crippen LogP contribution in [0.1, 0.15) is 12.8 Å². The molecule has 6 nitrogen and oxygen atoms in total. The maximum absolute atomic E-state index is 6.16. The van der Waals surface area contributed by atoms with Crippen molar-refractivity contribution in [3.63, 3.8) is 0 Å². The van der Waals surface area contributed by atoms with Gasteiger partial charge in [0, 0.05) is 34.7 Å². The van der Waals surface area contributed by atoms with E-state index in [1.54, 1.807) is 13.3 Å². The zero-order chi connectivity index (χ0) is 19.1. The smallest absolute Gasteiger partial charge is 0.163 e. The van der Waals surface area contributed by atoms with Crippen molar-refractivity contribution >= 4 is 21.8 Å². The molecule has 1 aliphatic rings. The first kappa shape index (κ1) is 16.9. The summed E-state index contributed by atoms with van der Waals surface area (Å²) in [4.78, 5) is 7.65. The number of fused-ring (bicyclic) bond motifs is 2. The van der Waals surface area contributed by atoms with Crippen LogP contribution in [0.15, 0.2) is 54.9 Å². The molecule has 0 spiro atoms. The topological polar surface area (TPSA) is 82.4 Å². The summed E-state index contributed by atoms with van der Waals surface area (Å²) in [7, 11) is 1.63. The largest absolute Gasteiger partial charge is 0.493 e. The van der Waals surface area contributed by atoms with Gasteiger partial charge in [0.2, 0.25) is 0 Å².